The van der Waals surface area contributed by atoms with E-state index < -0.39 is 152 Å². The summed E-state index contributed by atoms with van der Waals surface area (Å²) in [6.07, 6.45) is -3.15. The molecule has 0 aromatic rings. The highest BCUT2D eigenvalue weighted by Crippen LogP contribution is 2.17. The Morgan fingerprint density at radius 2 is 0.350 bits per heavy atom. The first-order valence-corrected chi connectivity index (χ1v) is 32.9. The van der Waals surface area contributed by atoms with Gasteiger partial charge in [0.25, 0.3) is 0 Å². The molecule has 0 spiro atoms. The highest BCUT2D eigenvalue weighted by molar-refractivity contribution is 7.80. The van der Waals surface area contributed by atoms with Crippen molar-refractivity contribution in [3.05, 3.63) is 0 Å². The fraction of sp³-hybridized carbons (Fsp3) is 0.768. The zero-order chi connectivity index (χ0) is 77.1. The molecule has 0 aliphatic rings. The number of rotatable bonds is 66. The first-order chi connectivity index (χ1) is 49.3. The van der Waals surface area contributed by atoms with Gasteiger partial charge in [-0.05, 0) is 5.75 Å². The molecular weight excluding hydrogens is 1400 g/mol. The molecule has 0 aromatic carbocycles. The third kappa shape index (κ3) is 48.3. The van der Waals surface area contributed by atoms with Gasteiger partial charge in [-0.3, -0.25) is 106 Å². The smallest absolute Gasteiger partial charge is 0.236 e. The Kier molecular flexibility index (Phi) is 54.8. The van der Waals surface area contributed by atoms with Gasteiger partial charge in [0.05, 0.1) is 210 Å². The summed E-state index contributed by atoms with van der Waals surface area (Å²) < 4.78 is 70.5. The van der Waals surface area contributed by atoms with Crippen LogP contribution in [0.1, 0.15) is 83.5 Å². The van der Waals surface area contributed by atoms with Crippen molar-refractivity contribution < 1.29 is 119 Å². The summed E-state index contributed by atoms with van der Waals surface area (Å²) in [4.78, 5) is 164. The van der Waals surface area contributed by atoms with Gasteiger partial charge in [-0.25, -0.2) is 46.7 Å². The average Bonchev–Trinajstić information content (AvgIpc) is 0.872. The Morgan fingerprint density at radius 3 is 0.476 bits per heavy atom. The van der Waals surface area contributed by atoms with Crippen LogP contribution in [0.15, 0.2) is 0 Å². The molecule has 29 N–H and O–H groups in total. The zero-order valence-electron chi connectivity index (χ0n) is 58.1. The second-order valence-corrected chi connectivity index (χ2v) is 23.1. The van der Waals surface area contributed by atoms with Crippen LogP contribution in [0.2, 0.25) is 0 Å². The van der Waals surface area contributed by atoms with Crippen LogP contribution in [0, 0.1) is 0 Å². The fourth-order valence-electron chi connectivity index (χ4n) is 8.36. The lowest BCUT2D eigenvalue weighted by Crippen LogP contribution is -2.60. The second-order valence-electron chi connectivity index (χ2n) is 22.6. The lowest BCUT2D eigenvalue weighted by Gasteiger charge is -2.36. The van der Waals surface area contributed by atoms with Crippen molar-refractivity contribution in [1.29, 1.82) is 0 Å². The number of amides is 13. The molecule has 0 atom stereocenters. The van der Waals surface area contributed by atoms with Crippen LogP contribution in [0.3, 0.4) is 0 Å². The average molecular weight is 1510 g/mol. The van der Waals surface area contributed by atoms with E-state index in [2.05, 4.69) is 39.2 Å². The van der Waals surface area contributed by atoms with E-state index in [-0.39, 0.29) is 195 Å². The largest absolute Gasteiger partial charge is 0.378 e. The Labute approximate surface area is 600 Å². The number of thiol groups is 1. The Hall–Kier alpha value is -7.34. The summed E-state index contributed by atoms with van der Waals surface area (Å²) in [5.74, 6) is 34.2. The Bertz CT molecular complexity index is 2100. The molecular formula is C56H109N21O25S. The summed E-state index contributed by atoms with van der Waals surface area (Å²) in [5.41, 5.74) is 9.35. The van der Waals surface area contributed by atoms with Gasteiger partial charge >= 0.3 is 0 Å². The molecule has 47 heteroatoms. The van der Waals surface area contributed by atoms with Gasteiger partial charge in [-0.1, -0.05) is 0 Å². The van der Waals surface area contributed by atoms with Crippen LogP contribution in [0.25, 0.3) is 0 Å². The molecule has 0 aliphatic carbocycles. The molecule has 0 fully saturated rings. The van der Waals surface area contributed by atoms with E-state index in [1.54, 1.807) is 0 Å². The zero-order valence-corrected chi connectivity index (χ0v) is 59.0. The van der Waals surface area contributed by atoms with Crippen LogP contribution in [-0.4, -0.2) is 270 Å². The van der Waals surface area contributed by atoms with E-state index in [0.29, 0.717) is 0 Å². The predicted octanol–water partition coefficient (Wildman–Crippen LogP) is -11.7. The minimum atomic E-state index is -1.74. The number of ether oxygens (including phenoxy) is 12. The molecule has 594 valence electrons. The van der Waals surface area contributed by atoms with Crippen LogP contribution >= 0.6 is 12.6 Å². The third-order valence-electron chi connectivity index (χ3n) is 13.7. The maximum atomic E-state index is 14.1. The lowest BCUT2D eigenvalue weighted by atomic mass is 10.0. The molecule has 103 heavy (non-hydrogen) atoms. The first kappa shape index (κ1) is 95.7. The van der Waals surface area contributed by atoms with Gasteiger partial charge in [0.2, 0.25) is 76.8 Å². The summed E-state index contributed by atoms with van der Waals surface area (Å²) >= 11 is 4.23. The molecule has 0 aliphatic heterocycles. The van der Waals surface area contributed by atoms with Gasteiger partial charge in [-0.15, -0.1) is 0 Å². The van der Waals surface area contributed by atoms with Crippen molar-refractivity contribution in [2.45, 2.75) is 106 Å². The highest BCUT2D eigenvalue weighted by atomic mass is 32.1. The summed E-state index contributed by atoms with van der Waals surface area (Å²) in [6.45, 7) is -7.75. The number of carbonyl (C=O) groups excluding carboxylic acids is 13. The number of nitrogens with two attached hydrogens (primary N) is 8. The van der Waals surface area contributed by atoms with Gasteiger partial charge in [0.15, 0.2) is 0 Å². The maximum absolute atomic E-state index is 14.1. The van der Waals surface area contributed by atoms with Gasteiger partial charge in [-0.2, -0.15) is 12.6 Å². The van der Waals surface area contributed by atoms with E-state index in [0.717, 1.165) is 0 Å². The van der Waals surface area contributed by atoms with Gasteiger partial charge in [0, 0.05) is 39.2 Å². The topological polar surface area (TPSA) is 697 Å². The molecule has 0 rings (SSSR count). The molecule has 0 unspecified atom stereocenters. The molecule has 0 bridgehead atoms. The van der Waals surface area contributed by atoms with Crippen LogP contribution in [-0.2, 0) is 119 Å². The van der Waals surface area contributed by atoms with Crippen LogP contribution < -0.4 is 117 Å². The standard InChI is InChI=1S/C56H109N21O25S/c1-65-40(78)2-15-91-28-53(29-95-19-6-45(83)70-57,30-96-20-7-46(84)71-58)66-41(79)3-16-92-37-56(69-44(82)14-27-103,38-93-17-4-42(80)67-54(31-97-21-8-47(85)72-59,32-98-22-9-48(86)73-60)33-99-23-10-49(87)74-61)39-94-18-5-43(81)68-55(34-100-24-11-50(88)75-62,35-101-25-12-51(89)76-63)36-102-26-13-52(90)77-64/h103H,2-39,57-64H2,1H3,(H,65,78)(H,66,79)(H,67,80)(H,68,81)(H,69,82)(H,70,83)(H,71,84)(H,72,85)(H,73,86)(H,74,87)(H,75,88)(H,76,89)(H,77,90). The second kappa shape index (κ2) is 59.0. The minimum absolute atomic E-state index is 0.0369. The normalized spacial score (nSPS) is 11.5. The molecule has 0 radical (unpaired) electrons. The van der Waals surface area contributed by atoms with Crippen molar-refractivity contribution >= 4 is 89.4 Å². The highest BCUT2D eigenvalue weighted by Gasteiger charge is 2.39. The monoisotopic (exact) mass is 1510 g/mol. The maximum Gasteiger partial charge on any atom is 0.236 e. The van der Waals surface area contributed by atoms with E-state index in [1.807, 2.05) is 43.4 Å². The molecule has 46 nitrogen and oxygen atoms in total. The molecule has 0 saturated carbocycles. The van der Waals surface area contributed by atoms with Crippen molar-refractivity contribution in [1.82, 2.24) is 70.0 Å². The number of hydrogen-bond donors (Lipinski definition) is 22. The van der Waals surface area contributed by atoms with Crippen LogP contribution in [0.5, 0.6) is 0 Å². The van der Waals surface area contributed by atoms with E-state index in [1.165, 1.54) is 7.05 Å². The number of nitrogens with one attached hydrogen (secondary N) is 13. The van der Waals surface area contributed by atoms with Crippen molar-refractivity contribution in [2.75, 3.05) is 171 Å². The Morgan fingerprint density at radius 1 is 0.223 bits per heavy atom. The lowest BCUT2D eigenvalue weighted by molar-refractivity contribution is -0.134. The van der Waals surface area contributed by atoms with Gasteiger partial charge < -0.3 is 83.4 Å². The van der Waals surface area contributed by atoms with Gasteiger partial charge in [0.1, 0.15) is 22.2 Å². The van der Waals surface area contributed by atoms with E-state index >= 15 is 0 Å². The Balaban J connectivity index is 7.52. The molecule has 0 saturated heterocycles. The van der Waals surface area contributed by atoms with Crippen LogP contribution in [0.4, 0.5) is 0 Å². The fourth-order valence-corrected chi connectivity index (χ4v) is 8.56. The van der Waals surface area contributed by atoms with Crippen molar-refractivity contribution in [2.24, 2.45) is 46.7 Å². The van der Waals surface area contributed by atoms with Crippen molar-refractivity contribution in [3.63, 3.8) is 0 Å². The quantitative estimate of drug-likeness (QED) is 0.00884. The minimum Gasteiger partial charge on any atom is -0.378 e. The number of carbonyl (C=O) groups is 13. The summed E-state index contributed by atoms with van der Waals surface area (Å²) in [7, 11) is 1.43. The third-order valence-corrected chi connectivity index (χ3v) is 14.0. The first-order valence-electron chi connectivity index (χ1n) is 32.3. The molecule has 13 amide bonds. The van der Waals surface area contributed by atoms with Crippen molar-refractivity contribution in [3.8, 4) is 0 Å². The predicted molar refractivity (Wildman–Crippen MR) is 360 cm³/mol. The van der Waals surface area contributed by atoms with E-state index in [9.17, 15) is 62.3 Å². The summed E-state index contributed by atoms with van der Waals surface area (Å²) in [5, 5.41) is 13.8. The van der Waals surface area contributed by atoms with E-state index in [4.69, 9.17) is 104 Å². The molecule has 0 aromatic heterocycles. The summed E-state index contributed by atoms with van der Waals surface area (Å²) in [6, 6.07) is 0. The number of hydrogen-bond acceptors (Lipinski definition) is 34. The number of hydrazine groups is 8. The molecule has 0 heterocycles. The SMILES string of the molecule is CNC(=O)CCOCC(COCCC(=O)NN)(COCCC(=O)NN)NC(=O)CCOCC(COCCC(=O)NC(COCCC(=O)NN)(COCCC(=O)NN)COCCC(=O)NN)(COCCC(=O)NC(COCCC(=O)NN)(COCCC(=O)NN)COCCC(=O)NN)NC(=O)CCS.